The monoisotopic (exact) mass is 442 g/mol. The molecule has 0 spiro atoms. The van der Waals surface area contributed by atoms with Crippen LogP contribution < -0.4 is 0 Å². The predicted molar refractivity (Wildman–Crippen MR) is 135 cm³/mol. The van der Waals surface area contributed by atoms with Crippen LogP contribution in [0.3, 0.4) is 0 Å². The predicted octanol–water partition coefficient (Wildman–Crippen LogP) is 7.29. The zero-order valence-electron chi connectivity index (χ0n) is 19.0. The fourth-order valence-corrected chi connectivity index (χ4v) is 5.71. The van der Waals surface area contributed by atoms with E-state index in [1.54, 1.807) is 0 Å². The van der Waals surface area contributed by atoms with Crippen molar-refractivity contribution in [3.05, 3.63) is 107 Å². The Morgan fingerprint density at radius 3 is 2.53 bits per heavy atom. The Hall–Kier alpha value is -2.78. The normalized spacial score (nSPS) is 15.8. The molecule has 0 aliphatic carbocycles. The summed E-state index contributed by atoms with van der Waals surface area (Å²) in [4.78, 5) is 13.1. The first-order valence-electron chi connectivity index (χ1n) is 11.1. The number of carbonyl (C=O) groups is 1. The molecule has 164 valence electrons. The second-order valence-corrected chi connectivity index (χ2v) is 10.1. The highest BCUT2D eigenvalue weighted by atomic mass is 32.2. The van der Waals surface area contributed by atoms with Gasteiger partial charge in [-0.15, -0.1) is 11.8 Å². The van der Waals surface area contributed by atoms with Crippen molar-refractivity contribution >= 4 is 23.8 Å². The zero-order chi connectivity index (χ0) is 22.6. The Morgan fingerprint density at radius 2 is 1.81 bits per heavy atom. The van der Waals surface area contributed by atoms with Crippen LogP contribution >= 0.6 is 11.8 Å². The fourth-order valence-electron chi connectivity index (χ4n) is 4.22. The number of carbonyl (C=O) groups excluding carboxylic acids is 1. The largest absolute Gasteiger partial charge is 0.465 e. The molecule has 0 saturated carbocycles. The lowest BCUT2D eigenvalue weighted by atomic mass is 9.79. The van der Waals surface area contributed by atoms with Gasteiger partial charge < -0.3 is 4.74 Å². The number of hydrogen-bond donors (Lipinski definition) is 0. The number of fused-ring (bicyclic) bond motifs is 1. The molecule has 0 fully saturated rings. The number of esters is 1. The van der Waals surface area contributed by atoms with E-state index in [0.29, 0.717) is 5.56 Å². The van der Waals surface area contributed by atoms with Crippen LogP contribution in [0.2, 0.25) is 0 Å². The van der Waals surface area contributed by atoms with Crippen LogP contribution in [0, 0.1) is 0 Å². The Balaban J connectivity index is 1.65. The first-order valence-corrected chi connectivity index (χ1v) is 12.1. The molecule has 4 rings (SSSR count). The molecule has 1 aliphatic heterocycles. The van der Waals surface area contributed by atoms with E-state index in [1.165, 1.54) is 40.9 Å². The quantitative estimate of drug-likeness (QED) is 0.375. The summed E-state index contributed by atoms with van der Waals surface area (Å²) in [5, 5.41) is 0. The van der Waals surface area contributed by atoms with Crippen molar-refractivity contribution in [2.75, 3.05) is 12.9 Å². The molecule has 0 bridgehead atoms. The standard InChI is InChI=1S/C29H30O2S/c1-29(2)17-18-32-27-16-15-25(20-26(27)29)24(19-22-7-5-4-6-8-22)14-11-21-9-12-23(13-10-21)28(30)31-3/h4-16,20,24H,17-19H2,1-3H3/b14-11+. The number of methoxy groups -OCH3 is 1. The number of benzene rings is 3. The van der Waals surface area contributed by atoms with Crippen LogP contribution in [0.1, 0.15) is 58.8 Å². The summed E-state index contributed by atoms with van der Waals surface area (Å²) in [5.74, 6) is 1.15. The molecule has 0 radical (unpaired) electrons. The van der Waals surface area contributed by atoms with E-state index in [-0.39, 0.29) is 17.3 Å². The van der Waals surface area contributed by atoms with Crippen molar-refractivity contribution < 1.29 is 9.53 Å². The number of thioether (sulfide) groups is 1. The van der Waals surface area contributed by atoms with Gasteiger partial charge in [-0.05, 0) is 64.5 Å². The minimum absolute atomic E-state index is 0.210. The molecule has 0 saturated heterocycles. The van der Waals surface area contributed by atoms with Crippen LogP contribution in [-0.4, -0.2) is 18.8 Å². The minimum atomic E-state index is -0.308. The van der Waals surface area contributed by atoms with Gasteiger partial charge in [0, 0.05) is 10.8 Å². The van der Waals surface area contributed by atoms with Crippen molar-refractivity contribution in [3.8, 4) is 0 Å². The second-order valence-electron chi connectivity index (χ2n) is 9.01. The molecule has 3 heteroatoms. The summed E-state index contributed by atoms with van der Waals surface area (Å²) in [5.41, 5.74) is 6.01. The highest BCUT2D eigenvalue weighted by Gasteiger charge is 2.28. The summed E-state index contributed by atoms with van der Waals surface area (Å²) in [7, 11) is 1.41. The van der Waals surface area contributed by atoms with Crippen molar-refractivity contribution in [2.45, 2.75) is 42.9 Å². The highest BCUT2D eigenvalue weighted by Crippen LogP contribution is 2.42. The Morgan fingerprint density at radius 1 is 1.06 bits per heavy atom. The molecule has 1 unspecified atom stereocenters. The summed E-state index contributed by atoms with van der Waals surface area (Å²) in [6, 6.07) is 25.3. The highest BCUT2D eigenvalue weighted by molar-refractivity contribution is 7.99. The van der Waals surface area contributed by atoms with Crippen molar-refractivity contribution in [1.29, 1.82) is 0 Å². The van der Waals surface area contributed by atoms with E-state index in [4.69, 9.17) is 4.74 Å². The molecule has 0 aromatic heterocycles. The number of allylic oxidation sites excluding steroid dienone is 1. The molecule has 2 nitrogen and oxygen atoms in total. The minimum Gasteiger partial charge on any atom is -0.465 e. The summed E-state index contributed by atoms with van der Waals surface area (Å²) in [6.07, 6.45) is 6.61. The fraction of sp³-hybridized carbons (Fsp3) is 0.276. The third kappa shape index (κ3) is 5.16. The van der Waals surface area contributed by atoms with Gasteiger partial charge in [0.25, 0.3) is 0 Å². The van der Waals surface area contributed by atoms with E-state index >= 15 is 0 Å². The molecule has 3 aromatic rings. The second kappa shape index (κ2) is 9.79. The topological polar surface area (TPSA) is 26.3 Å². The number of ether oxygens (including phenoxy) is 1. The average Bonchev–Trinajstić information content (AvgIpc) is 2.82. The lowest BCUT2D eigenvalue weighted by molar-refractivity contribution is 0.0600. The van der Waals surface area contributed by atoms with Gasteiger partial charge in [0.2, 0.25) is 0 Å². The maximum atomic E-state index is 11.7. The SMILES string of the molecule is COC(=O)c1ccc(/C=C/C(Cc2ccccc2)c2ccc3c(c2)C(C)(C)CCS3)cc1. The maximum Gasteiger partial charge on any atom is 0.337 e. The van der Waals surface area contributed by atoms with Crippen molar-refractivity contribution in [2.24, 2.45) is 0 Å². The van der Waals surface area contributed by atoms with E-state index in [0.717, 1.165) is 12.0 Å². The molecule has 1 heterocycles. The molecule has 1 aliphatic rings. The molecular weight excluding hydrogens is 412 g/mol. The third-order valence-corrected chi connectivity index (χ3v) is 7.37. The Kier molecular flexibility index (Phi) is 6.86. The third-order valence-electron chi connectivity index (χ3n) is 6.30. The van der Waals surface area contributed by atoms with Gasteiger partial charge in [0.05, 0.1) is 12.7 Å². The molecular formula is C29H30O2S. The lowest BCUT2D eigenvalue weighted by Crippen LogP contribution is -2.23. The molecule has 0 N–H and O–H groups in total. The Labute approximate surface area is 195 Å². The zero-order valence-corrected chi connectivity index (χ0v) is 19.8. The van der Waals surface area contributed by atoms with E-state index in [2.05, 4.69) is 74.5 Å². The van der Waals surface area contributed by atoms with Crippen LogP contribution in [0.5, 0.6) is 0 Å². The average molecular weight is 443 g/mol. The van der Waals surface area contributed by atoms with Crippen molar-refractivity contribution in [1.82, 2.24) is 0 Å². The van der Waals surface area contributed by atoms with Gasteiger partial charge >= 0.3 is 5.97 Å². The van der Waals surface area contributed by atoms with Gasteiger partial charge in [-0.25, -0.2) is 4.79 Å². The van der Waals surface area contributed by atoms with Gasteiger partial charge in [0.1, 0.15) is 0 Å². The van der Waals surface area contributed by atoms with E-state index in [1.807, 2.05) is 36.0 Å². The Bertz CT molecular complexity index is 1100. The van der Waals surface area contributed by atoms with Crippen LogP contribution in [0.4, 0.5) is 0 Å². The van der Waals surface area contributed by atoms with E-state index in [9.17, 15) is 4.79 Å². The summed E-state index contributed by atoms with van der Waals surface area (Å²) < 4.78 is 4.80. The van der Waals surface area contributed by atoms with Gasteiger partial charge in [-0.3, -0.25) is 0 Å². The first-order chi connectivity index (χ1) is 15.5. The smallest absolute Gasteiger partial charge is 0.337 e. The first kappa shape index (κ1) is 22.4. The van der Waals surface area contributed by atoms with Crippen LogP contribution in [-0.2, 0) is 16.6 Å². The van der Waals surface area contributed by atoms with E-state index < -0.39 is 0 Å². The number of rotatable bonds is 6. The molecule has 3 aromatic carbocycles. The summed E-state index contributed by atoms with van der Waals surface area (Å²) >= 11 is 1.98. The molecule has 32 heavy (non-hydrogen) atoms. The lowest BCUT2D eigenvalue weighted by Gasteiger charge is -2.33. The number of hydrogen-bond acceptors (Lipinski definition) is 3. The van der Waals surface area contributed by atoms with Crippen molar-refractivity contribution in [3.63, 3.8) is 0 Å². The molecule has 1 atom stereocenters. The van der Waals surface area contributed by atoms with Gasteiger partial charge in [-0.2, -0.15) is 0 Å². The van der Waals surface area contributed by atoms with Crippen LogP contribution in [0.25, 0.3) is 6.08 Å². The maximum absolute atomic E-state index is 11.7. The van der Waals surface area contributed by atoms with Crippen LogP contribution in [0.15, 0.2) is 83.8 Å². The van der Waals surface area contributed by atoms with Gasteiger partial charge in [0.15, 0.2) is 0 Å². The molecule has 0 amide bonds. The van der Waals surface area contributed by atoms with Gasteiger partial charge in [-0.1, -0.05) is 80.6 Å². The summed E-state index contributed by atoms with van der Waals surface area (Å²) in [6.45, 7) is 4.72.